The van der Waals surface area contributed by atoms with Gasteiger partial charge in [0.05, 0.1) is 11.8 Å². The van der Waals surface area contributed by atoms with Crippen LogP contribution in [0.2, 0.25) is 0 Å². The van der Waals surface area contributed by atoms with Gasteiger partial charge >= 0.3 is 0 Å². The highest BCUT2D eigenvalue weighted by molar-refractivity contribution is 5.01. The zero-order valence-corrected chi connectivity index (χ0v) is 10.7. The Morgan fingerprint density at radius 1 is 1.59 bits per heavy atom. The molecule has 0 spiro atoms. The molecule has 1 aromatic heterocycles. The van der Waals surface area contributed by atoms with Crippen LogP contribution in [0.25, 0.3) is 0 Å². The van der Waals surface area contributed by atoms with Crippen molar-refractivity contribution in [2.45, 2.75) is 45.3 Å². The smallest absolute Gasteiger partial charge is 0.0650 e. The standard InChI is InChI=1S/C13H22N2O2/c1-10(2)15-5-3-12(14-15)8-13(16)7-11-4-6-17-9-11/h3,5,10-11,13,16H,4,6-9H2,1-2H3. The minimum absolute atomic E-state index is 0.294. The fraction of sp³-hybridized carbons (Fsp3) is 0.769. The molecule has 0 radical (unpaired) electrons. The minimum Gasteiger partial charge on any atom is -0.393 e. The van der Waals surface area contributed by atoms with Crippen LogP contribution in [0, 0.1) is 5.92 Å². The fourth-order valence-corrected chi connectivity index (χ4v) is 2.25. The summed E-state index contributed by atoms with van der Waals surface area (Å²) in [5, 5.41) is 14.5. The molecule has 4 heteroatoms. The molecular weight excluding hydrogens is 216 g/mol. The van der Waals surface area contributed by atoms with Crippen LogP contribution in [-0.4, -0.2) is 34.2 Å². The van der Waals surface area contributed by atoms with E-state index in [-0.39, 0.29) is 6.10 Å². The molecule has 0 amide bonds. The summed E-state index contributed by atoms with van der Waals surface area (Å²) in [6.45, 7) is 5.85. The Labute approximate surface area is 103 Å². The maximum Gasteiger partial charge on any atom is 0.0650 e. The second-order valence-corrected chi connectivity index (χ2v) is 5.20. The van der Waals surface area contributed by atoms with Crippen LogP contribution in [0.5, 0.6) is 0 Å². The van der Waals surface area contributed by atoms with Crippen molar-refractivity contribution in [2.75, 3.05) is 13.2 Å². The van der Waals surface area contributed by atoms with Crippen molar-refractivity contribution >= 4 is 0 Å². The van der Waals surface area contributed by atoms with Crippen molar-refractivity contribution < 1.29 is 9.84 Å². The first-order valence-electron chi connectivity index (χ1n) is 6.45. The fourth-order valence-electron chi connectivity index (χ4n) is 2.25. The maximum atomic E-state index is 10.0. The van der Waals surface area contributed by atoms with Crippen LogP contribution in [-0.2, 0) is 11.2 Å². The second-order valence-electron chi connectivity index (χ2n) is 5.20. The Bertz CT molecular complexity index is 343. The molecule has 2 atom stereocenters. The van der Waals surface area contributed by atoms with Gasteiger partial charge in [0.2, 0.25) is 0 Å². The largest absolute Gasteiger partial charge is 0.393 e. The average molecular weight is 238 g/mol. The molecule has 1 N–H and O–H groups in total. The van der Waals surface area contributed by atoms with Crippen LogP contribution in [0.3, 0.4) is 0 Å². The van der Waals surface area contributed by atoms with E-state index in [1.165, 1.54) is 0 Å². The van der Waals surface area contributed by atoms with Crippen LogP contribution in [0.1, 0.15) is 38.4 Å². The normalized spacial score (nSPS) is 22.2. The Kier molecular flexibility index (Phi) is 4.18. The predicted molar refractivity (Wildman–Crippen MR) is 65.9 cm³/mol. The van der Waals surface area contributed by atoms with Gasteiger partial charge in [0.1, 0.15) is 0 Å². The maximum absolute atomic E-state index is 10.0. The third-order valence-electron chi connectivity index (χ3n) is 3.27. The van der Waals surface area contributed by atoms with E-state index >= 15 is 0 Å². The van der Waals surface area contributed by atoms with Gasteiger partial charge in [0.15, 0.2) is 0 Å². The Morgan fingerprint density at radius 3 is 3.00 bits per heavy atom. The van der Waals surface area contributed by atoms with E-state index in [4.69, 9.17) is 4.74 Å². The Balaban J connectivity index is 1.82. The number of ether oxygens (including phenoxy) is 1. The lowest BCUT2D eigenvalue weighted by atomic mass is 9.98. The van der Waals surface area contributed by atoms with Crippen molar-refractivity contribution in [3.8, 4) is 0 Å². The summed E-state index contributed by atoms with van der Waals surface area (Å²) in [5.74, 6) is 0.525. The zero-order chi connectivity index (χ0) is 12.3. The predicted octanol–water partition coefficient (Wildman–Crippen LogP) is 1.79. The van der Waals surface area contributed by atoms with Crippen LogP contribution < -0.4 is 0 Å². The highest BCUT2D eigenvalue weighted by Crippen LogP contribution is 2.19. The van der Waals surface area contributed by atoms with Gasteiger partial charge in [0, 0.05) is 31.9 Å². The Hall–Kier alpha value is -0.870. The molecule has 2 unspecified atom stereocenters. The molecule has 96 valence electrons. The number of rotatable bonds is 5. The first kappa shape index (κ1) is 12.6. The molecule has 1 fully saturated rings. The van der Waals surface area contributed by atoms with Crippen LogP contribution >= 0.6 is 0 Å². The monoisotopic (exact) mass is 238 g/mol. The zero-order valence-electron chi connectivity index (χ0n) is 10.7. The van der Waals surface area contributed by atoms with Crippen molar-refractivity contribution in [1.82, 2.24) is 9.78 Å². The summed E-state index contributed by atoms with van der Waals surface area (Å²) in [7, 11) is 0. The molecule has 1 aliphatic heterocycles. The molecule has 2 rings (SSSR count). The first-order valence-corrected chi connectivity index (χ1v) is 6.45. The van der Waals surface area contributed by atoms with Gasteiger partial charge in [0.25, 0.3) is 0 Å². The van der Waals surface area contributed by atoms with E-state index in [1.54, 1.807) is 0 Å². The van der Waals surface area contributed by atoms with Gasteiger partial charge in [-0.05, 0) is 38.7 Å². The van der Waals surface area contributed by atoms with E-state index in [9.17, 15) is 5.11 Å². The summed E-state index contributed by atoms with van der Waals surface area (Å²) in [4.78, 5) is 0. The van der Waals surface area contributed by atoms with Crippen molar-refractivity contribution in [1.29, 1.82) is 0 Å². The Morgan fingerprint density at radius 2 is 2.41 bits per heavy atom. The quantitative estimate of drug-likeness (QED) is 0.850. The van der Waals surface area contributed by atoms with Crippen molar-refractivity contribution in [3.05, 3.63) is 18.0 Å². The number of aromatic nitrogens is 2. The van der Waals surface area contributed by atoms with E-state index in [0.717, 1.165) is 31.7 Å². The summed E-state index contributed by atoms with van der Waals surface area (Å²) < 4.78 is 7.24. The number of nitrogens with zero attached hydrogens (tertiary/aromatic N) is 2. The number of hydrogen-bond acceptors (Lipinski definition) is 3. The lowest BCUT2D eigenvalue weighted by Gasteiger charge is -2.13. The molecular formula is C13H22N2O2. The van der Waals surface area contributed by atoms with Gasteiger partial charge in [-0.3, -0.25) is 4.68 Å². The molecule has 0 saturated carbocycles. The molecule has 17 heavy (non-hydrogen) atoms. The molecule has 0 aliphatic carbocycles. The molecule has 2 heterocycles. The summed E-state index contributed by atoms with van der Waals surface area (Å²) in [6.07, 6.45) is 4.24. The SMILES string of the molecule is CC(C)n1ccc(CC(O)CC2CCOC2)n1. The van der Waals surface area contributed by atoms with Crippen molar-refractivity contribution in [3.63, 3.8) is 0 Å². The van der Waals surface area contributed by atoms with Gasteiger partial charge < -0.3 is 9.84 Å². The van der Waals surface area contributed by atoms with Crippen molar-refractivity contribution in [2.24, 2.45) is 5.92 Å². The lowest BCUT2D eigenvalue weighted by Crippen LogP contribution is -2.17. The first-order chi connectivity index (χ1) is 8.15. The summed E-state index contributed by atoms with van der Waals surface area (Å²) >= 11 is 0. The molecule has 1 aliphatic rings. The van der Waals surface area contributed by atoms with Gasteiger partial charge in [-0.2, -0.15) is 5.10 Å². The third-order valence-corrected chi connectivity index (χ3v) is 3.27. The lowest BCUT2D eigenvalue weighted by molar-refractivity contribution is 0.128. The van der Waals surface area contributed by atoms with E-state index in [1.807, 2.05) is 16.9 Å². The highest BCUT2D eigenvalue weighted by atomic mass is 16.5. The molecule has 4 nitrogen and oxygen atoms in total. The molecule has 0 bridgehead atoms. The number of aliphatic hydroxyl groups is 1. The highest BCUT2D eigenvalue weighted by Gasteiger charge is 2.20. The van der Waals surface area contributed by atoms with Gasteiger partial charge in [-0.25, -0.2) is 0 Å². The average Bonchev–Trinajstić information content (AvgIpc) is 2.88. The third kappa shape index (κ3) is 3.54. The summed E-state index contributed by atoms with van der Waals surface area (Å²) in [5.41, 5.74) is 0.977. The van der Waals surface area contributed by atoms with Gasteiger partial charge in [-0.15, -0.1) is 0 Å². The molecule has 0 aromatic carbocycles. The second kappa shape index (κ2) is 5.65. The topological polar surface area (TPSA) is 47.3 Å². The van der Waals surface area contributed by atoms with E-state index in [2.05, 4.69) is 18.9 Å². The van der Waals surface area contributed by atoms with Crippen LogP contribution in [0.4, 0.5) is 0 Å². The van der Waals surface area contributed by atoms with E-state index in [0.29, 0.717) is 18.4 Å². The van der Waals surface area contributed by atoms with E-state index < -0.39 is 0 Å². The molecule has 1 saturated heterocycles. The summed E-state index contributed by atoms with van der Waals surface area (Å²) in [6, 6.07) is 2.37. The molecule has 1 aromatic rings. The minimum atomic E-state index is -0.294. The number of aliphatic hydroxyl groups excluding tert-OH is 1. The van der Waals surface area contributed by atoms with Crippen LogP contribution in [0.15, 0.2) is 12.3 Å². The van der Waals surface area contributed by atoms with Gasteiger partial charge in [-0.1, -0.05) is 0 Å². The number of hydrogen-bond donors (Lipinski definition) is 1.